The molecule has 48 heavy (non-hydrogen) atoms. The van der Waals surface area contributed by atoms with E-state index >= 15 is 4.39 Å². The van der Waals surface area contributed by atoms with E-state index in [0.29, 0.717) is 25.3 Å². The predicted molar refractivity (Wildman–Crippen MR) is 190 cm³/mol. The van der Waals surface area contributed by atoms with Gasteiger partial charge in [-0.2, -0.15) is 0 Å². The average Bonchev–Trinajstić information content (AvgIpc) is 3.55. The molecule has 6 nitrogen and oxygen atoms in total. The first kappa shape index (κ1) is 34.3. The summed E-state index contributed by atoms with van der Waals surface area (Å²) in [6, 6.07) is 16.9. The van der Waals surface area contributed by atoms with Crippen LogP contribution in [0.15, 0.2) is 77.2 Å². The Morgan fingerprint density at radius 2 is 1.85 bits per heavy atom. The zero-order valence-corrected chi connectivity index (χ0v) is 30.1. The van der Waals surface area contributed by atoms with Gasteiger partial charge in [0.25, 0.3) is 0 Å². The maximum Gasteiger partial charge on any atom is 0.225 e. The van der Waals surface area contributed by atoms with Crippen molar-refractivity contribution < 1.29 is 28.6 Å². The second kappa shape index (κ2) is 12.6. The molecule has 7 rings (SSSR count). The summed E-state index contributed by atoms with van der Waals surface area (Å²) in [6.07, 6.45) is 3.32. The summed E-state index contributed by atoms with van der Waals surface area (Å²) in [7, 11) is 0. The van der Waals surface area contributed by atoms with Gasteiger partial charge in [-0.25, -0.2) is 4.39 Å². The number of rotatable bonds is 8. The first-order chi connectivity index (χ1) is 22.9. The number of fused-ring (bicyclic) bond motifs is 7. The molecular formula is C38H43ClFNO5S2. The highest BCUT2D eigenvalue weighted by atomic mass is 35.5. The van der Waals surface area contributed by atoms with Crippen LogP contribution >= 0.6 is 35.1 Å². The van der Waals surface area contributed by atoms with Gasteiger partial charge in [0.1, 0.15) is 0 Å². The zero-order valence-electron chi connectivity index (χ0n) is 27.7. The number of carbonyl (C=O) groups is 2. The van der Waals surface area contributed by atoms with Crippen LogP contribution in [-0.2, 0) is 24.8 Å². The molecule has 2 aromatic carbocycles. The first-order valence-corrected chi connectivity index (χ1v) is 19.3. The third kappa shape index (κ3) is 5.17. The lowest BCUT2D eigenvalue weighted by Crippen LogP contribution is -2.69. The van der Waals surface area contributed by atoms with Crippen LogP contribution in [0.3, 0.4) is 0 Å². The van der Waals surface area contributed by atoms with Crippen molar-refractivity contribution in [3.8, 4) is 0 Å². The number of hydrogen-bond donors (Lipinski definition) is 2. The summed E-state index contributed by atoms with van der Waals surface area (Å²) in [5.41, 5.74) is -1.62. The number of nitrogens with one attached hydrogen (secondary N) is 1. The number of aliphatic hydroxyl groups is 1. The maximum atomic E-state index is 17.7. The predicted octanol–water partition coefficient (Wildman–Crippen LogP) is 8.39. The Morgan fingerprint density at radius 3 is 2.54 bits per heavy atom. The summed E-state index contributed by atoms with van der Waals surface area (Å²) in [5.74, 6) is -0.185. The second-order valence-corrected chi connectivity index (χ2v) is 17.3. The number of allylic oxidation sites excluding steroid dienone is 4. The lowest BCUT2D eigenvalue weighted by Gasteiger charge is -2.62. The van der Waals surface area contributed by atoms with Crippen molar-refractivity contribution in [1.29, 1.82) is 0 Å². The number of benzene rings is 2. The summed E-state index contributed by atoms with van der Waals surface area (Å²) < 4.78 is 31.1. The maximum absolute atomic E-state index is 17.7. The number of carbonyl (C=O) groups excluding carboxylic acids is 2. The van der Waals surface area contributed by atoms with Crippen LogP contribution in [0.25, 0.3) is 0 Å². The Kier molecular flexibility index (Phi) is 8.99. The van der Waals surface area contributed by atoms with Gasteiger partial charge in [-0.3, -0.25) is 9.59 Å². The van der Waals surface area contributed by atoms with Crippen molar-refractivity contribution in [1.82, 2.24) is 0 Å². The van der Waals surface area contributed by atoms with Gasteiger partial charge in [-0.1, -0.05) is 54.6 Å². The lowest BCUT2D eigenvalue weighted by atomic mass is 9.45. The van der Waals surface area contributed by atoms with Gasteiger partial charge >= 0.3 is 0 Å². The normalized spacial score (nSPS) is 38.2. The van der Waals surface area contributed by atoms with E-state index in [-0.39, 0.29) is 28.4 Å². The quantitative estimate of drug-likeness (QED) is 0.209. The molecule has 3 saturated carbocycles. The molecule has 256 valence electrons. The van der Waals surface area contributed by atoms with Gasteiger partial charge in [0.05, 0.1) is 17.4 Å². The van der Waals surface area contributed by atoms with Crippen molar-refractivity contribution >= 4 is 51.7 Å². The second-order valence-electron chi connectivity index (χ2n) is 14.7. The number of ketones is 1. The molecule has 5 aliphatic rings. The number of ether oxygens (including phenoxy) is 2. The standard InChI is InChI=1S/C38H43ClFNO5S2/c1-22(2)41-26-10-12-28(13-11-26)47-20-23-5-7-24(8-6-23)33-45-32-18-30-29-14-9-25-17-27(42)15-16-35(25,3)37(29,40)31(43)19-36(30,4)38(32,46-33)34(44)48-21-39/h5-8,10-13,15-17,22,29-33,41,43H,9,14,18-21H2,1-4H3. The fourth-order valence-corrected chi connectivity index (χ4v) is 11.4. The van der Waals surface area contributed by atoms with Crippen molar-refractivity contribution in [3.63, 3.8) is 0 Å². The molecule has 1 aliphatic heterocycles. The highest BCUT2D eigenvalue weighted by Gasteiger charge is 2.79. The molecule has 10 heteroatoms. The summed E-state index contributed by atoms with van der Waals surface area (Å²) >= 11 is 8.86. The zero-order chi connectivity index (χ0) is 34.1. The number of hydrogen-bond acceptors (Lipinski definition) is 8. The van der Waals surface area contributed by atoms with Gasteiger partial charge in [-0.05, 0) is 94.4 Å². The average molecular weight is 712 g/mol. The van der Waals surface area contributed by atoms with Crippen molar-refractivity contribution in [2.45, 2.75) is 99.8 Å². The third-order valence-corrected chi connectivity index (χ3v) is 13.9. The van der Waals surface area contributed by atoms with Crippen LogP contribution in [0.5, 0.6) is 0 Å². The molecule has 2 aromatic rings. The minimum absolute atomic E-state index is 0.0289. The minimum atomic E-state index is -2.00. The monoisotopic (exact) mass is 711 g/mol. The van der Waals surface area contributed by atoms with Crippen molar-refractivity contribution in [3.05, 3.63) is 83.5 Å². The smallest absolute Gasteiger partial charge is 0.225 e. The van der Waals surface area contributed by atoms with Crippen LogP contribution in [0, 0.1) is 22.7 Å². The van der Waals surface area contributed by atoms with Crippen LogP contribution < -0.4 is 5.32 Å². The van der Waals surface area contributed by atoms with E-state index in [2.05, 4.69) is 55.6 Å². The number of aliphatic hydroxyl groups excluding tert-OH is 1. The van der Waals surface area contributed by atoms with E-state index in [1.54, 1.807) is 24.8 Å². The van der Waals surface area contributed by atoms with Gasteiger partial charge in [0.2, 0.25) is 5.12 Å². The summed E-state index contributed by atoms with van der Waals surface area (Å²) in [6.45, 7) is 8.00. The van der Waals surface area contributed by atoms with Gasteiger partial charge < -0.3 is 19.9 Å². The number of thioether (sulfide) groups is 2. The SMILES string of the molecule is CC(C)Nc1ccc(SCc2ccc(C3OC4CC5C6CCC7=CC(=O)C=CC7(C)C6(F)C(O)CC5(C)C4(C(=O)SCCl)O3)cc2)cc1. The molecule has 1 saturated heterocycles. The van der Waals surface area contributed by atoms with Gasteiger partial charge in [-0.15, -0.1) is 23.4 Å². The van der Waals surface area contributed by atoms with Crippen LogP contribution in [0.2, 0.25) is 0 Å². The van der Waals surface area contributed by atoms with Crippen LogP contribution in [0.4, 0.5) is 10.1 Å². The van der Waals surface area contributed by atoms with Crippen LogP contribution in [0.1, 0.15) is 70.8 Å². The molecule has 2 N–H and O–H groups in total. The van der Waals surface area contributed by atoms with Gasteiger partial charge in [0.15, 0.2) is 23.3 Å². The highest BCUT2D eigenvalue weighted by Crippen LogP contribution is 2.73. The molecule has 0 bridgehead atoms. The fourth-order valence-electron chi connectivity index (χ4n) is 9.53. The summed E-state index contributed by atoms with van der Waals surface area (Å²) in [4.78, 5) is 27.5. The highest BCUT2D eigenvalue weighted by molar-refractivity contribution is 8.14. The Morgan fingerprint density at radius 1 is 1.12 bits per heavy atom. The molecular weight excluding hydrogens is 669 g/mol. The minimum Gasteiger partial charge on any atom is -0.390 e. The topological polar surface area (TPSA) is 84.9 Å². The number of anilines is 1. The Bertz CT molecular complexity index is 1650. The molecule has 4 fully saturated rings. The molecule has 0 spiro atoms. The molecule has 4 aliphatic carbocycles. The van der Waals surface area contributed by atoms with E-state index in [0.717, 1.165) is 39.9 Å². The number of halogens is 2. The Hall–Kier alpha value is -2.14. The molecule has 0 amide bonds. The third-order valence-electron chi connectivity index (χ3n) is 11.8. The summed E-state index contributed by atoms with van der Waals surface area (Å²) in [5, 5.41) is 15.0. The molecule has 1 heterocycles. The molecule has 0 aromatic heterocycles. The largest absolute Gasteiger partial charge is 0.390 e. The van der Waals surface area contributed by atoms with E-state index < -0.39 is 46.5 Å². The van der Waals surface area contributed by atoms with E-state index in [1.165, 1.54) is 17.0 Å². The number of alkyl halides is 2. The Balaban J connectivity index is 1.12. The molecule has 9 atom stereocenters. The lowest BCUT2D eigenvalue weighted by molar-refractivity contribution is -0.228. The van der Waals surface area contributed by atoms with E-state index in [9.17, 15) is 14.7 Å². The Labute approximate surface area is 295 Å². The van der Waals surface area contributed by atoms with Crippen molar-refractivity contribution in [2.24, 2.45) is 22.7 Å². The van der Waals surface area contributed by atoms with Crippen LogP contribution in [-0.4, -0.2) is 50.7 Å². The first-order valence-electron chi connectivity index (χ1n) is 16.8. The molecule has 9 unspecified atom stereocenters. The van der Waals surface area contributed by atoms with E-state index in [1.807, 2.05) is 19.1 Å². The molecule has 0 radical (unpaired) electrons. The van der Waals surface area contributed by atoms with Gasteiger partial charge in [0, 0.05) is 44.7 Å². The van der Waals surface area contributed by atoms with Crippen molar-refractivity contribution in [2.75, 3.05) is 10.5 Å². The fraction of sp³-hybridized carbons (Fsp3) is 0.526. The van der Waals surface area contributed by atoms with E-state index in [4.69, 9.17) is 21.1 Å².